The number of hydrogen-bond acceptors (Lipinski definition) is 8. The molecule has 0 unspecified atom stereocenters. The molecule has 4 aromatic heterocycles. The zero-order valence-corrected chi connectivity index (χ0v) is 63.7. The molecule has 0 saturated heterocycles. The second-order valence-corrected chi connectivity index (χ2v) is 29.2. The van der Waals surface area contributed by atoms with E-state index in [4.69, 9.17) is 0 Å². The Morgan fingerprint density at radius 2 is 0.838 bits per heavy atom. The third kappa shape index (κ3) is 14.2. The van der Waals surface area contributed by atoms with Crippen LogP contribution in [0.25, 0.3) is 45.0 Å². The van der Waals surface area contributed by atoms with Crippen LogP contribution in [0.2, 0.25) is 0 Å². The Bertz CT molecular complexity index is 4370. The molecule has 12 heteroatoms. The molecular formula is C87H114N12+4. The third-order valence-electron chi connectivity index (χ3n) is 23.1. The number of hydrogen-bond donors (Lipinski definition) is 0. The minimum absolute atomic E-state index is 0.330. The molecule has 8 aromatic rings. The normalized spacial score (nSPS) is 19.0. The van der Waals surface area contributed by atoms with E-state index in [2.05, 4.69) is 380 Å². The molecule has 6 aliphatic rings. The molecule has 0 N–H and O–H groups in total. The minimum Gasteiger partial charge on any atom is -0.339 e. The van der Waals surface area contributed by atoms with Gasteiger partial charge in [-0.25, -0.2) is 37.9 Å². The van der Waals surface area contributed by atoms with E-state index in [1.807, 2.05) is 0 Å². The Morgan fingerprint density at radius 3 is 1.44 bits per heavy atom. The molecule has 14 rings (SSSR count). The fraction of sp³-hybridized carbons (Fsp3) is 0.402. The van der Waals surface area contributed by atoms with E-state index in [0.29, 0.717) is 36.6 Å². The van der Waals surface area contributed by atoms with Gasteiger partial charge in [-0.2, -0.15) is 0 Å². The number of anilines is 4. The van der Waals surface area contributed by atoms with Gasteiger partial charge in [-0.3, -0.25) is 0 Å². The van der Waals surface area contributed by atoms with E-state index in [1.54, 1.807) is 0 Å². The van der Waals surface area contributed by atoms with Crippen molar-refractivity contribution >= 4 is 23.3 Å². The number of aryl methyl sites for hydroxylation is 7. The van der Waals surface area contributed by atoms with Gasteiger partial charge >= 0.3 is 0 Å². The molecule has 2 saturated carbocycles. The number of nitrogens with zero attached hydrogens (tertiary/aromatic N) is 12. The fourth-order valence-corrected chi connectivity index (χ4v) is 15.9. The number of aromatic nitrogens is 4. The Labute approximate surface area is 595 Å². The summed E-state index contributed by atoms with van der Waals surface area (Å²) in [7, 11) is 15.2. The maximum absolute atomic E-state index is 2.56. The molecule has 4 atom stereocenters. The number of pyridine rings is 4. The van der Waals surface area contributed by atoms with Gasteiger partial charge in [0, 0.05) is 98.2 Å². The topological polar surface area (TPSA) is 41.4 Å². The lowest BCUT2D eigenvalue weighted by molar-refractivity contribution is -0.647. The highest BCUT2D eigenvalue weighted by Crippen LogP contribution is 2.40. The number of benzene rings is 4. The Kier molecular flexibility index (Phi) is 21.6. The summed E-state index contributed by atoms with van der Waals surface area (Å²) in [6, 6.07) is 51.4. The lowest BCUT2D eigenvalue weighted by atomic mass is 9.95. The van der Waals surface area contributed by atoms with E-state index in [-0.39, 0.29) is 0 Å². The lowest BCUT2D eigenvalue weighted by Crippen LogP contribution is -2.46. The first kappa shape index (κ1) is 71.1. The van der Waals surface area contributed by atoms with E-state index < -0.39 is 0 Å². The molecule has 0 spiro atoms. The predicted molar refractivity (Wildman–Crippen MR) is 412 cm³/mol. The summed E-state index contributed by atoms with van der Waals surface area (Å²) >= 11 is 0. The summed E-state index contributed by atoms with van der Waals surface area (Å²) in [5.74, 6) is 5.63. The SMILES string of the molecule is CC1=CN(c2cccc(-c3ccccc3C)[n+]2C)[C@H](C)N1C.Cc1cc(C)c(-c2cccc(N3C=CN(C4CCCC4)[C@H]3C)[n+]2C)cc1C.Cc1ccc(C)c(-c2cccc(N3C=CN(C)[C@H]3C)[n+]2C)c1C.Cc1cccc(-c2cccc(N3C(C4CCCC4)=CN(C)[C@H]3C)[n+]2C)c1C. The van der Waals surface area contributed by atoms with Crippen LogP contribution in [-0.2, 0) is 28.2 Å². The predicted octanol–water partition coefficient (Wildman–Crippen LogP) is 17.0. The van der Waals surface area contributed by atoms with E-state index in [1.165, 1.54) is 181 Å². The second kappa shape index (κ2) is 30.1. The zero-order valence-electron chi connectivity index (χ0n) is 63.7. The van der Waals surface area contributed by atoms with Crippen LogP contribution >= 0.6 is 0 Å². The van der Waals surface area contributed by atoms with E-state index in [0.717, 1.165) is 0 Å². The smallest absolute Gasteiger partial charge is 0.283 e. The molecule has 0 amide bonds. The van der Waals surface area contributed by atoms with Crippen LogP contribution in [0.4, 0.5) is 23.3 Å². The van der Waals surface area contributed by atoms with Crippen molar-refractivity contribution < 1.29 is 18.3 Å². The van der Waals surface area contributed by atoms with Crippen LogP contribution in [-0.4, -0.2) is 71.4 Å². The van der Waals surface area contributed by atoms with Crippen LogP contribution in [0.1, 0.15) is 136 Å². The Morgan fingerprint density at radius 1 is 0.354 bits per heavy atom. The van der Waals surface area contributed by atoms with Crippen LogP contribution in [0.5, 0.6) is 0 Å². The van der Waals surface area contributed by atoms with Gasteiger partial charge in [-0.05, 0) is 227 Å². The van der Waals surface area contributed by atoms with Gasteiger partial charge in [-0.15, -0.1) is 0 Å². The maximum Gasteiger partial charge on any atom is 0.283 e. The molecule has 4 aliphatic heterocycles. The van der Waals surface area contributed by atoms with Crippen molar-refractivity contribution in [1.29, 1.82) is 0 Å². The molecule has 2 fully saturated rings. The van der Waals surface area contributed by atoms with Crippen molar-refractivity contribution in [3.63, 3.8) is 0 Å². The van der Waals surface area contributed by atoms with Gasteiger partial charge in [0.1, 0.15) is 47.1 Å². The van der Waals surface area contributed by atoms with Gasteiger partial charge in [0.25, 0.3) is 23.3 Å². The van der Waals surface area contributed by atoms with Crippen LogP contribution < -0.4 is 37.9 Å². The van der Waals surface area contributed by atoms with Crippen molar-refractivity contribution in [3.05, 3.63) is 238 Å². The molecule has 0 radical (unpaired) electrons. The minimum atomic E-state index is 0.330. The first-order valence-electron chi connectivity index (χ1n) is 36.5. The van der Waals surface area contributed by atoms with Crippen molar-refractivity contribution in [2.24, 2.45) is 34.1 Å². The fourth-order valence-electron chi connectivity index (χ4n) is 15.9. The van der Waals surface area contributed by atoms with Gasteiger partial charge < -0.3 is 19.6 Å². The van der Waals surface area contributed by atoms with Gasteiger partial charge in [0.2, 0.25) is 0 Å². The quantitative estimate of drug-likeness (QED) is 0.126. The van der Waals surface area contributed by atoms with Crippen molar-refractivity contribution in [2.75, 3.05) is 40.7 Å². The van der Waals surface area contributed by atoms with Crippen LogP contribution in [0.15, 0.2) is 188 Å². The standard InChI is InChI=1S/2C24H32N3.C20H26N3.C19H24N3/c1-17-10-8-13-21(18(17)2)22-14-9-15-24(26(22)5)27-19(3)25(4)16-23(27)20-11-6-7-12-20;1-17-15-19(3)22(16-18(17)2)23-11-8-12-24(25(23)5)27-14-13-26(20(27)4)21-9-6-7-10-21;1-14-10-11-15(2)20(16(14)3)18-8-7-9-19(22(18)6)23-13-12-21(5)17(23)4;1-14-9-6-7-10-17(14)18-11-8-12-19(21(18)5)22-13-15(2)20(4)16(22)3/h8-10,13-16,19-20H,6-7,11-12H2,1-5H3;8,11-16,20-21H,6-7,9-10H2,1-5H3;7-13,17H,1-6H3;6-13,16H,1-5H3/q4*+1/t19-;20-;17-;16-/m1111/s1. The van der Waals surface area contributed by atoms with E-state index in [9.17, 15) is 0 Å². The molecule has 4 aromatic carbocycles. The highest BCUT2D eigenvalue weighted by atomic mass is 15.4. The molecule has 2 aliphatic carbocycles. The van der Waals surface area contributed by atoms with E-state index >= 15 is 0 Å². The summed E-state index contributed by atoms with van der Waals surface area (Å²) in [6.45, 7) is 31.0. The van der Waals surface area contributed by atoms with Gasteiger partial charge in [0.05, 0.1) is 33.9 Å². The molecule has 99 heavy (non-hydrogen) atoms. The Balaban J connectivity index is 0.000000134. The molecule has 518 valence electrons. The van der Waals surface area contributed by atoms with Crippen molar-refractivity contribution in [3.8, 4) is 45.0 Å². The maximum atomic E-state index is 2.56. The van der Waals surface area contributed by atoms with Crippen molar-refractivity contribution in [2.45, 2.75) is 179 Å². The van der Waals surface area contributed by atoms with Crippen LogP contribution in [0, 0.1) is 68.2 Å². The molecule has 8 heterocycles. The molecule has 12 nitrogen and oxygen atoms in total. The summed E-state index contributed by atoms with van der Waals surface area (Å²) in [6.07, 6.45) is 25.6. The highest BCUT2D eigenvalue weighted by Gasteiger charge is 2.42. The van der Waals surface area contributed by atoms with Crippen molar-refractivity contribution in [1.82, 2.24) is 19.6 Å². The zero-order chi connectivity index (χ0) is 70.8. The number of allylic oxidation sites excluding steroid dienone is 2. The highest BCUT2D eigenvalue weighted by molar-refractivity contribution is 5.69. The summed E-state index contributed by atoms with van der Waals surface area (Å²) in [5, 5.41) is 0. The summed E-state index contributed by atoms with van der Waals surface area (Å²) in [5.41, 5.74) is 25.2. The average Bonchev–Trinajstić information content (AvgIpc) is 1.75. The summed E-state index contributed by atoms with van der Waals surface area (Å²) < 4.78 is 9.30. The largest absolute Gasteiger partial charge is 0.339 e. The Hall–Kier alpha value is -9.16. The van der Waals surface area contributed by atoms with Gasteiger partial charge in [0.15, 0.2) is 24.7 Å². The first-order valence-corrected chi connectivity index (χ1v) is 36.5. The average molecular weight is 1330 g/mol. The van der Waals surface area contributed by atoms with Crippen LogP contribution in [0.3, 0.4) is 0 Å². The number of rotatable bonds is 10. The monoisotopic (exact) mass is 1330 g/mol. The lowest BCUT2D eigenvalue weighted by Gasteiger charge is -2.30. The summed E-state index contributed by atoms with van der Waals surface area (Å²) in [4.78, 5) is 19.0. The molecular weight excluding hydrogens is 1210 g/mol. The first-order chi connectivity index (χ1) is 47.4. The second-order valence-electron chi connectivity index (χ2n) is 29.2. The third-order valence-corrected chi connectivity index (χ3v) is 23.1. The van der Waals surface area contributed by atoms with Gasteiger partial charge in [-0.1, -0.05) is 86.3 Å². The molecule has 0 bridgehead atoms.